The number of hydrogen-bond donors (Lipinski definition) is 3. The van der Waals surface area contributed by atoms with Crippen molar-refractivity contribution in [3.05, 3.63) is 65.7 Å². The summed E-state index contributed by atoms with van der Waals surface area (Å²) in [6, 6.07) is 13.5. The van der Waals surface area contributed by atoms with Crippen LogP contribution in [-0.4, -0.2) is 27.2 Å². The molecule has 2 rings (SSSR count). The lowest BCUT2D eigenvalue weighted by atomic mass is 10.0. The highest BCUT2D eigenvalue weighted by Gasteiger charge is 2.12. The molecule has 0 bridgehead atoms. The Labute approximate surface area is 122 Å². The molecule has 1 unspecified atom stereocenters. The van der Waals surface area contributed by atoms with Crippen LogP contribution in [0.1, 0.15) is 11.1 Å². The molecule has 4 nitrogen and oxygen atoms in total. The van der Waals surface area contributed by atoms with E-state index in [9.17, 15) is 20.1 Å². The smallest absolute Gasteiger partial charge is 0.184 e. The molecule has 0 aliphatic rings. The van der Waals surface area contributed by atoms with Gasteiger partial charge in [0.1, 0.15) is 6.10 Å². The van der Waals surface area contributed by atoms with E-state index in [1.807, 2.05) is 30.3 Å². The van der Waals surface area contributed by atoms with E-state index in [4.69, 9.17) is 0 Å². The van der Waals surface area contributed by atoms with Crippen LogP contribution in [0.3, 0.4) is 0 Å². The number of carbonyl (C=O) groups is 1. The van der Waals surface area contributed by atoms with Crippen LogP contribution in [-0.2, 0) is 11.2 Å². The van der Waals surface area contributed by atoms with Crippen LogP contribution in [0.4, 0.5) is 0 Å². The highest BCUT2D eigenvalue weighted by atomic mass is 16.3. The Morgan fingerprint density at radius 1 is 1.05 bits per heavy atom. The quantitative estimate of drug-likeness (QED) is 0.581. The minimum atomic E-state index is -1.10. The maximum Gasteiger partial charge on any atom is 0.184 e. The van der Waals surface area contributed by atoms with Gasteiger partial charge in [0.25, 0.3) is 0 Å². The molecule has 0 aliphatic carbocycles. The van der Waals surface area contributed by atoms with Gasteiger partial charge in [0, 0.05) is 6.42 Å². The molecule has 0 saturated carbocycles. The summed E-state index contributed by atoms with van der Waals surface area (Å²) < 4.78 is 0. The molecule has 0 amide bonds. The van der Waals surface area contributed by atoms with Gasteiger partial charge in [0.2, 0.25) is 0 Å². The van der Waals surface area contributed by atoms with Crippen LogP contribution >= 0.6 is 0 Å². The third kappa shape index (κ3) is 4.19. The summed E-state index contributed by atoms with van der Waals surface area (Å²) in [7, 11) is 0. The van der Waals surface area contributed by atoms with Gasteiger partial charge in [-0.05, 0) is 29.3 Å². The average Bonchev–Trinajstić information content (AvgIpc) is 2.49. The number of ketones is 1. The topological polar surface area (TPSA) is 77.8 Å². The van der Waals surface area contributed by atoms with E-state index in [1.54, 1.807) is 6.07 Å². The number of aliphatic hydroxyl groups is 1. The molecule has 0 saturated heterocycles. The van der Waals surface area contributed by atoms with E-state index in [-0.39, 0.29) is 17.9 Å². The van der Waals surface area contributed by atoms with Gasteiger partial charge in [-0.3, -0.25) is 4.79 Å². The average molecular weight is 284 g/mol. The Hall–Kier alpha value is -2.59. The second-order valence-corrected chi connectivity index (χ2v) is 4.69. The summed E-state index contributed by atoms with van der Waals surface area (Å²) in [5.74, 6) is -0.886. The minimum absolute atomic E-state index is 0.220. The largest absolute Gasteiger partial charge is 0.504 e. The van der Waals surface area contributed by atoms with E-state index in [0.29, 0.717) is 5.56 Å². The van der Waals surface area contributed by atoms with E-state index >= 15 is 0 Å². The Morgan fingerprint density at radius 3 is 2.43 bits per heavy atom. The highest BCUT2D eigenvalue weighted by Crippen LogP contribution is 2.25. The van der Waals surface area contributed by atoms with Crippen molar-refractivity contribution in [2.45, 2.75) is 12.5 Å². The molecule has 0 aromatic heterocycles. The van der Waals surface area contributed by atoms with Crippen LogP contribution in [0.25, 0.3) is 6.08 Å². The van der Waals surface area contributed by atoms with Gasteiger partial charge in [-0.15, -0.1) is 0 Å². The fraction of sp³-hybridized carbons (Fsp3) is 0.118. The molecule has 0 fully saturated rings. The van der Waals surface area contributed by atoms with Gasteiger partial charge in [-0.25, -0.2) is 0 Å². The minimum Gasteiger partial charge on any atom is -0.504 e. The molecule has 0 spiro atoms. The molecule has 2 aromatic rings. The maximum atomic E-state index is 11.8. The third-order valence-electron chi connectivity index (χ3n) is 3.04. The Bertz CT molecular complexity index is 647. The van der Waals surface area contributed by atoms with Crippen LogP contribution in [0.2, 0.25) is 0 Å². The van der Waals surface area contributed by atoms with Crippen LogP contribution in [0, 0.1) is 0 Å². The fourth-order valence-electron chi connectivity index (χ4n) is 1.87. The first-order valence-electron chi connectivity index (χ1n) is 6.52. The predicted octanol–water partition coefficient (Wildman–Crippen LogP) is 2.28. The number of rotatable bonds is 5. The third-order valence-corrected chi connectivity index (χ3v) is 3.04. The van der Waals surface area contributed by atoms with Gasteiger partial charge >= 0.3 is 0 Å². The number of phenols is 2. The summed E-state index contributed by atoms with van der Waals surface area (Å²) in [6.45, 7) is 0. The van der Waals surface area contributed by atoms with E-state index in [0.717, 1.165) is 5.56 Å². The van der Waals surface area contributed by atoms with Gasteiger partial charge < -0.3 is 15.3 Å². The summed E-state index contributed by atoms with van der Waals surface area (Å²) in [5.41, 5.74) is 1.44. The molecular weight excluding hydrogens is 268 g/mol. The number of benzene rings is 2. The Kier molecular flexibility index (Phi) is 4.74. The predicted molar refractivity (Wildman–Crippen MR) is 80.0 cm³/mol. The molecule has 2 aromatic carbocycles. The molecular formula is C17H16O4. The van der Waals surface area contributed by atoms with Crippen molar-refractivity contribution in [1.29, 1.82) is 0 Å². The number of carbonyl (C=O) groups excluding carboxylic acids is 1. The highest BCUT2D eigenvalue weighted by molar-refractivity contribution is 5.97. The van der Waals surface area contributed by atoms with Crippen LogP contribution in [0.15, 0.2) is 54.6 Å². The number of phenolic OH excluding ortho intramolecular Hbond substituents is 2. The molecule has 21 heavy (non-hydrogen) atoms. The number of hydrogen-bond acceptors (Lipinski definition) is 4. The van der Waals surface area contributed by atoms with Crippen molar-refractivity contribution in [3.8, 4) is 11.5 Å². The first-order valence-corrected chi connectivity index (χ1v) is 6.52. The summed E-state index contributed by atoms with van der Waals surface area (Å²) in [5, 5.41) is 28.4. The lowest BCUT2D eigenvalue weighted by Gasteiger charge is -2.06. The van der Waals surface area contributed by atoms with Gasteiger partial charge in [-0.1, -0.05) is 42.5 Å². The standard InChI is InChI=1S/C17H16O4/c18-14(16(20)10-12-4-2-1-3-5-12)8-6-13-7-9-15(19)17(21)11-13/h1-9,11,16,19-21H,10H2. The zero-order valence-electron chi connectivity index (χ0n) is 11.3. The first-order chi connectivity index (χ1) is 10.1. The van der Waals surface area contributed by atoms with Crippen molar-refractivity contribution in [1.82, 2.24) is 0 Å². The van der Waals surface area contributed by atoms with Crippen molar-refractivity contribution >= 4 is 11.9 Å². The Balaban J connectivity index is 1.99. The SMILES string of the molecule is O=C(C=Cc1ccc(O)c(O)c1)C(O)Cc1ccccc1. The molecule has 3 N–H and O–H groups in total. The van der Waals surface area contributed by atoms with Crippen LogP contribution in [0.5, 0.6) is 11.5 Å². The molecule has 1 atom stereocenters. The van der Waals surface area contributed by atoms with Crippen LogP contribution < -0.4 is 0 Å². The fourth-order valence-corrected chi connectivity index (χ4v) is 1.87. The lowest BCUT2D eigenvalue weighted by molar-refractivity contribution is -0.122. The van der Waals surface area contributed by atoms with Gasteiger partial charge in [0.15, 0.2) is 17.3 Å². The first kappa shape index (κ1) is 14.8. The zero-order valence-corrected chi connectivity index (χ0v) is 11.3. The van der Waals surface area contributed by atoms with E-state index in [2.05, 4.69) is 0 Å². The summed E-state index contributed by atoms with van der Waals surface area (Å²) in [4.78, 5) is 11.8. The van der Waals surface area contributed by atoms with Crippen molar-refractivity contribution < 1.29 is 20.1 Å². The normalized spacial score (nSPS) is 12.4. The molecule has 0 radical (unpaired) electrons. The Morgan fingerprint density at radius 2 is 1.76 bits per heavy atom. The summed E-state index contributed by atoms with van der Waals surface area (Å²) >= 11 is 0. The van der Waals surface area contributed by atoms with E-state index < -0.39 is 11.9 Å². The van der Waals surface area contributed by atoms with Crippen molar-refractivity contribution in [2.24, 2.45) is 0 Å². The number of aliphatic hydroxyl groups excluding tert-OH is 1. The molecule has 108 valence electrons. The van der Waals surface area contributed by atoms with E-state index in [1.165, 1.54) is 24.3 Å². The summed E-state index contributed by atoms with van der Waals surface area (Å²) in [6.07, 6.45) is 1.90. The van der Waals surface area contributed by atoms with Crippen molar-refractivity contribution in [2.75, 3.05) is 0 Å². The number of aromatic hydroxyl groups is 2. The monoisotopic (exact) mass is 284 g/mol. The van der Waals surface area contributed by atoms with Gasteiger partial charge in [-0.2, -0.15) is 0 Å². The second-order valence-electron chi connectivity index (χ2n) is 4.69. The zero-order chi connectivity index (χ0) is 15.2. The second kappa shape index (κ2) is 6.72. The molecule has 0 aliphatic heterocycles. The lowest BCUT2D eigenvalue weighted by Crippen LogP contribution is -2.20. The maximum absolute atomic E-state index is 11.8. The molecule has 4 heteroatoms. The van der Waals surface area contributed by atoms with Gasteiger partial charge in [0.05, 0.1) is 0 Å². The molecule has 0 heterocycles. The van der Waals surface area contributed by atoms with Crippen molar-refractivity contribution in [3.63, 3.8) is 0 Å².